The van der Waals surface area contributed by atoms with Gasteiger partial charge in [-0.2, -0.15) is 0 Å². The first-order valence-electron chi connectivity index (χ1n) is 6.49. The molecule has 0 fully saturated rings. The van der Waals surface area contributed by atoms with E-state index in [1.807, 2.05) is 0 Å². The summed E-state index contributed by atoms with van der Waals surface area (Å²) in [5.41, 5.74) is 0. The third kappa shape index (κ3) is 9.13. The molecule has 1 N–H and O–H groups in total. The molecule has 0 heterocycles. The number of hydrogen-bond donors (Lipinski definition) is 1. The van der Waals surface area contributed by atoms with E-state index in [9.17, 15) is 0 Å². The maximum Gasteiger partial charge on any atom is 0.0700 e. The largest absolute Gasteiger partial charge is 0.382 e. The van der Waals surface area contributed by atoms with Crippen LogP contribution in [0.2, 0.25) is 0 Å². The van der Waals surface area contributed by atoms with E-state index in [1.54, 1.807) is 7.11 Å². The van der Waals surface area contributed by atoms with E-state index in [4.69, 9.17) is 9.47 Å². The van der Waals surface area contributed by atoms with Gasteiger partial charge in [-0.15, -0.1) is 0 Å². The summed E-state index contributed by atoms with van der Waals surface area (Å²) < 4.78 is 10.4. The van der Waals surface area contributed by atoms with E-state index in [0.29, 0.717) is 6.61 Å². The minimum Gasteiger partial charge on any atom is -0.382 e. The molecule has 0 aliphatic heterocycles. The van der Waals surface area contributed by atoms with Crippen LogP contribution in [0.3, 0.4) is 0 Å². The Hall–Kier alpha value is -0.120. The minimum absolute atomic E-state index is 0.701. The zero-order valence-electron chi connectivity index (χ0n) is 11.4. The van der Waals surface area contributed by atoms with Gasteiger partial charge in [0.25, 0.3) is 0 Å². The molecule has 0 spiro atoms. The third-order valence-corrected chi connectivity index (χ3v) is 3.07. The van der Waals surface area contributed by atoms with Gasteiger partial charge in [-0.1, -0.05) is 20.8 Å². The monoisotopic (exact) mass is 231 g/mol. The molecule has 0 bridgehead atoms. The number of ether oxygens (including phenoxy) is 2. The minimum atomic E-state index is 0.701. The van der Waals surface area contributed by atoms with Gasteiger partial charge in [0.05, 0.1) is 13.2 Å². The molecule has 0 aliphatic carbocycles. The van der Waals surface area contributed by atoms with Gasteiger partial charge in [-0.05, 0) is 37.8 Å². The van der Waals surface area contributed by atoms with Crippen molar-refractivity contribution < 1.29 is 9.47 Å². The molecule has 0 rings (SSSR count). The number of rotatable bonds is 11. The van der Waals surface area contributed by atoms with Crippen LogP contribution in [0.1, 0.15) is 33.6 Å². The molecule has 3 nitrogen and oxygen atoms in total. The summed E-state index contributed by atoms with van der Waals surface area (Å²) in [5.74, 6) is 1.52. The quantitative estimate of drug-likeness (QED) is 0.554. The molecule has 0 aromatic carbocycles. The SMILES string of the molecule is CCNCC(C)C(C)CCCOCCOC. The molecule has 0 aromatic heterocycles. The smallest absolute Gasteiger partial charge is 0.0700 e. The van der Waals surface area contributed by atoms with Gasteiger partial charge in [0, 0.05) is 13.7 Å². The molecule has 3 heteroatoms. The first-order chi connectivity index (χ1) is 7.72. The Morgan fingerprint density at radius 1 is 1.06 bits per heavy atom. The number of methoxy groups -OCH3 is 1. The van der Waals surface area contributed by atoms with Crippen LogP contribution in [0, 0.1) is 11.8 Å². The van der Waals surface area contributed by atoms with Crippen molar-refractivity contribution >= 4 is 0 Å². The van der Waals surface area contributed by atoms with Crippen LogP contribution in [0.25, 0.3) is 0 Å². The Bertz CT molecular complexity index is 142. The zero-order chi connectivity index (χ0) is 12.2. The van der Waals surface area contributed by atoms with Crippen LogP contribution in [0.5, 0.6) is 0 Å². The fourth-order valence-corrected chi connectivity index (χ4v) is 1.61. The predicted molar refractivity (Wildman–Crippen MR) is 68.8 cm³/mol. The van der Waals surface area contributed by atoms with Gasteiger partial charge in [0.15, 0.2) is 0 Å². The highest BCUT2D eigenvalue weighted by Gasteiger charge is 2.10. The highest BCUT2D eigenvalue weighted by molar-refractivity contribution is 4.64. The lowest BCUT2D eigenvalue weighted by molar-refractivity contribution is 0.0665. The van der Waals surface area contributed by atoms with E-state index in [1.165, 1.54) is 6.42 Å². The molecule has 0 saturated heterocycles. The summed E-state index contributed by atoms with van der Waals surface area (Å²) in [6.07, 6.45) is 2.40. The highest BCUT2D eigenvalue weighted by atomic mass is 16.5. The number of hydrogen-bond acceptors (Lipinski definition) is 3. The van der Waals surface area contributed by atoms with Gasteiger partial charge in [-0.25, -0.2) is 0 Å². The molecule has 16 heavy (non-hydrogen) atoms. The van der Waals surface area contributed by atoms with Crippen LogP contribution in [0.15, 0.2) is 0 Å². The Morgan fingerprint density at radius 3 is 2.44 bits per heavy atom. The molecular formula is C13H29NO2. The molecule has 2 unspecified atom stereocenters. The number of nitrogens with one attached hydrogen (secondary N) is 1. The standard InChI is InChI=1S/C13H29NO2/c1-5-14-11-13(3)12(2)7-6-8-16-10-9-15-4/h12-14H,5-11H2,1-4H3. The average molecular weight is 231 g/mol. The van der Waals surface area contributed by atoms with Crippen molar-refractivity contribution in [2.45, 2.75) is 33.6 Å². The zero-order valence-corrected chi connectivity index (χ0v) is 11.4. The lowest BCUT2D eigenvalue weighted by atomic mass is 9.91. The Kier molecular flexibility index (Phi) is 11.3. The lowest BCUT2D eigenvalue weighted by Gasteiger charge is -2.20. The predicted octanol–water partition coefficient (Wildman–Crippen LogP) is 2.31. The van der Waals surface area contributed by atoms with Crippen LogP contribution < -0.4 is 5.32 Å². The van der Waals surface area contributed by atoms with Gasteiger partial charge >= 0.3 is 0 Å². The highest BCUT2D eigenvalue weighted by Crippen LogP contribution is 2.16. The summed E-state index contributed by atoms with van der Waals surface area (Å²) in [6.45, 7) is 11.3. The van der Waals surface area contributed by atoms with Crippen molar-refractivity contribution in [2.75, 3.05) is 40.0 Å². The van der Waals surface area contributed by atoms with Crippen molar-refractivity contribution in [3.8, 4) is 0 Å². The normalized spacial score (nSPS) is 15.0. The van der Waals surface area contributed by atoms with Crippen molar-refractivity contribution in [3.05, 3.63) is 0 Å². The fraction of sp³-hybridized carbons (Fsp3) is 1.00. The molecule has 2 atom stereocenters. The topological polar surface area (TPSA) is 30.5 Å². The molecule has 0 amide bonds. The molecule has 98 valence electrons. The van der Waals surface area contributed by atoms with Crippen molar-refractivity contribution in [1.29, 1.82) is 0 Å². The van der Waals surface area contributed by atoms with Gasteiger partial charge in [0.2, 0.25) is 0 Å². The van der Waals surface area contributed by atoms with Gasteiger partial charge in [-0.3, -0.25) is 0 Å². The van der Waals surface area contributed by atoms with Gasteiger partial charge < -0.3 is 14.8 Å². The second-order valence-corrected chi connectivity index (χ2v) is 4.51. The third-order valence-electron chi connectivity index (χ3n) is 3.07. The maximum absolute atomic E-state index is 5.44. The molecule has 0 aliphatic rings. The van der Waals surface area contributed by atoms with E-state index in [-0.39, 0.29) is 0 Å². The van der Waals surface area contributed by atoms with E-state index < -0.39 is 0 Å². The van der Waals surface area contributed by atoms with Crippen molar-refractivity contribution in [1.82, 2.24) is 5.32 Å². The summed E-state index contributed by atoms with van der Waals surface area (Å²) in [7, 11) is 1.70. The van der Waals surface area contributed by atoms with E-state index >= 15 is 0 Å². The first-order valence-corrected chi connectivity index (χ1v) is 6.49. The van der Waals surface area contributed by atoms with Crippen molar-refractivity contribution in [3.63, 3.8) is 0 Å². The lowest BCUT2D eigenvalue weighted by Crippen LogP contribution is -2.25. The summed E-state index contributed by atoms with van der Waals surface area (Å²) >= 11 is 0. The van der Waals surface area contributed by atoms with Crippen molar-refractivity contribution in [2.24, 2.45) is 11.8 Å². The van der Waals surface area contributed by atoms with Crippen LogP contribution in [0.4, 0.5) is 0 Å². The van der Waals surface area contributed by atoms with E-state index in [0.717, 1.165) is 44.6 Å². The second kappa shape index (κ2) is 11.4. The molecular weight excluding hydrogens is 202 g/mol. The Balaban J connectivity index is 3.31. The Labute approximate surface area is 101 Å². The summed E-state index contributed by atoms with van der Waals surface area (Å²) in [6, 6.07) is 0. The molecule has 0 saturated carbocycles. The van der Waals surface area contributed by atoms with E-state index in [2.05, 4.69) is 26.1 Å². The van der Waals surface area contributed by atoms with Gasteiger partial charge in [0.1, 0.15) is 0 Å². The second-order valence-electron chi connectivity index (χ2n) is 4.51. The average Bonchev–Trinajstić information content (AvgIpc) is 2.30. The Morgan fingerprint density at radius 2 is 1.81 bits per heavy atom. The molecule has 0 aromatic rings. The van der Waals surface area contributed by atoms with Crippen LogP contribution in [-0.4, -0.2) is 40.0 Å². The maximum atomic E-state index is 5.44. The summed E-state index contributed by atoms with van der Waals surface area (Å²) in [4.78, 5) is 0. The molecule has 0 radical (unpaired) electrons. The van der Waals surface area contributed by atoms with Crippen LogP contribution in [-0.2, 0) is 9.47 Å². The fourth-order valence-electron chi connectivity index (χ4n) is 1.61. The summed E-state index contributed by atoms with van der Waals surface area (Å²) in [5, 5.41) is 3.40. The van der Waals surface area contributed by atoms with Crippen LogP contribution >= 0.6 is 0 Å². The first kappa shape index (κ1) is 15.9.